The second-order valence-electron chi connectivity index (χ2n) is 3.99. The molecular weight excluding hydrogens is 299 g/mol. The van der Waals surface area contributed by atoms with E-state index in [0.29, 0.717) is 0 Å². The fourth-order valence-corrected chi connectivity index (χ4v) is 2.49. The van der Waals surface area contributed by atoms with E-state index in [2.05, 4.69) is 4.72 Å². The first-order chi connectivity index (χ1) is 9.10. The highest BCUT2D eigenvalue weighted by molar-refractivity contribution is 7.92. The van der Waals surface area contributed by atoms with Crippen molar-refractivity contribution in [3.8, 4) is 0 Å². The number of benzene rings is 1. The van der Waals surface area contributed by atoms with Gasteiger partial charge in [0.1, 0.15) is 0 Å². The van der Waals surface area contributed by atoms with Crippen molar-refractivity contribution < 1.29 is 31.5 Å². The van der Waals surface area contributed by atoms with Crippen LogP contribution in [0.4, 0.5) is 18.9 Å². The molecule has 2 N–H and O–H groups in total. The molecule has 0 bridgehead atoms. The van der Waals surface area contributed by atoms with E-state index in [-0.39, 0.29) is 18.5 Å². The lowest BCUT2D eigenvalue weighted by atomic mass is 10.2. The van der Waals surface area contributed by atoms with E-state index in [1.165, 1.54) is 0 Å². The Labute approximate surface area is 113 Å². The number of aliphatic carboxylic acids is 1. The Hall–Kier alpha value is -1.77. The standard InChI is InChI=1S/C11H12F3NO4S/c12-11(13,14)8-3-5-9(6-4-8)15-20(18,19)7-1-2-10(16)17/h3-6,15H,1-2,7H2,(H,16,17). The summed E-state index contributed by atoms with van der Waals surface area (Å²) in [6, 6.07) is 3.51. The van der Waals surface area contributed by atoms with Crippen LogP contribution in [-0.4, -0.2) is 25.2 Å². The fraction of sp³-hybridized carbons (Fsp3) is 0.364. The molecule has 0 atom stereocenters. The molecule has 1 aromatic rings. The van der Waals surface area contributed by atoms with Crippen LogP contribution in [0.25, 0.3) is 0 Å². The number of carboxylic acids is 1. The molecule has 0 radical (unpaired) electrons. The lowest BCUT2D eigenvalue weighted by Crippen LogP contribution is -2.17. The summed E-state index contributed by atoms with van der Waals surface area (Å²) in [7, 11) is -3.77. The summed E-state index contributed by atoms with van der Waals surface area (Å²) in [6.07, 6.45) is -4.86. The van der Waals surface area contributed by atoms with Gasteiger partial charge in [0.05, 0.1) is 11.3 Å². The fourth-order valence-electron chi connectivity index (χ4n) is 1.37. The highest BCUT2D eigenvalue weighted by Gasteiger charge is 2.30. The summed E-state index contributed by atoms with van der Waals surface area (Å²) in [6.45, 7) is 0. The number of alkyl halides is 3. The molecule has 0 fully saturated rings. The molecule has 112 valence electrons. The molecule has 0 aromatic heterocycles. The molecule has 5 nitrogen and oxygen atoms in total. The number of anilines is 1. The number of hydrogen-bond acceptors (Lipinski definition) is 3. The maximum Gasteiger partial charge on any atom is 0.416 e. The van der Waals surface area contributed by atoms with E-state index in [1.807, 2.05) is 0 Å². The summed E-state index contributed by atoms with van der Waals surface area (Å²) in [5.41, 5.74) is -0.889. The average molecular weight is 311 g/mol. The first-order valence-corrected chi connectivity index (χ1v) is 7.15. The van der Waals surface area contributed by atoms with E-state index in [9.17, 15) is 26.4 Å². The smallest absolute Gasteiger partial charge is 0.416 e. The molecular formula is C11H12F3NO4S. The molecule has 0 saturated heterocycles. The van der Waals surface area contributed by atoms with Gasteiger partial charge in [-0.2, -0.15) is 13.2 Å². The van der Waals surface area contributed by atoms with E-state index < -0.39 is 33.5 Å². The van der Waals surface area contributed by atoms with Crippen molar-refractivity contribution in [2.24, 2.45) is 0 Å². The zero-order valence-electron chi connectivity index (χ0n) is 10.1. The Morgan fingerprint density at radius 1 is 1.20 bits per heavy atom. The average Bonchev–Trinajstić information content (AvgIpc) is 2.26. The van der Waals surface area contributed by atoms with Crippen LogP contribution in [0.1, 0.15) is 18.4 Å². The van der Waals surface area contributed by atoms with Gasteiger partial charge in [0.2, 0.25) is 10.0 Å². The number of hydrogen-bond donors (Lipinski definition) is 2. The Bertz CT molecular complexity index is 566. The Morgan fingerprint density at radius 3 is 2.20 bits per heavy atom. The third kappa shape index (κ3) is 5.47. The lowest BCUT2D eigenvalue weighted by molar-refractivity contribution is -0.138. The summed E-state index contributed by atoms with van der Waals surface area (Å²) in [4.78, 5) is 10.3. The minimum atomic E-state index is -4.49. The third-order valence-corrected chi connectivity index (χ3v) is 3.66. The van der Waals surface area contributed by atoms with Crippen molar-refractivity contribution in [3.63, 3.8) is 0 Å². The summed E-state index contributed by atoms with van der Waals surface area (Å²) in [5, 5.41) is 8.39. The van der Waals surface area contributed by atoms with Crippen LogP contribution in [0.3, 0.4) is 0 Å². The molecule has 9 heteroatoms. The van der Waals surface area contributed by atoms with E-state index >= 15 is 0 Å². The normalized spacial score (nSPS) is 12.2. The van der Waals surface area contributed by atoms with Gasteiger partial charge in [0, 0.05) is 12.1 Å². The van der Waals surface area contributed by atoms with Gasteiger partial charge in [0.15, 0.2) is 0 Å². The minimum Gasteiger partial charge on any atom is -0.481 e. The first kappa shape index (κ1) is 16.3. The van der Waals surface area contributed by atoms with Gasteiger partial charge in [-0.3, -0.25) is 9.52 Å². The molecule has 20 heavy (non-hydrogen) atoms. The van der Waals surface area contributed by atoms with Crippen molar-refractivity contribution in [1.29, 1.82) is 0 Å². The zero-order valence-corrected chi connectivity index (χ0v) is 11.0. The number of rotatable bonds is 6. The molecule has 0 saturated carbocycles. The van der Waals surface area contributed by atoms with E-state index in [0.717, 1.165) is 24.3 Å². The highest BCUT2D eigenvalue weighted by atomic mass is 32.2. The van der Waals surface area contributed by atoms with Gasteiger partial charge in [-0.05, 0) is 30.7 Å². The Morgan fingerprint density at radius 2 is 1.75 bits per heavy atom. The van der Waals surface area contributed by atoms with Crippen LogP contribution in [0.15, 0.2) is 24.3 Å². The van der Waals surface area contributed by atoms with Crippen molar-refractivity contribution in [3.05, 3.63) is 29.8 Å². The van der Waals surface area contributed by atoms with Gasteiger partial charge in [-0.1, -0.05) is 0 Å². The quantitative estimate of drug-likeness (QED) is 0.844. The lowest BCUT2D eigenvalue weighted by Gasteiger charge is -2.09. The molecule has 0 heterocycles. The molecule has 0 aliphatic heterocycles. The second kappa shape index (κ2) is 6.12. The second-order valence-corrected chi connectivity index (χ2v) is 5.84. The van der Waals surface area contributed by atoms with Crippen LogP contribution in [0, 0.1) is 0 Å². The molecule has 1 rings (SSSR count). The van der Waals surface area contributed by atoms with Gasteiger partial charge in [0.25, 0.3) is 0 Å². The Kier molecular flexibility index (Phi) is 4.98. The van der Waals surface area contributed by atoms with E-state index in [4.69, 9.17) is 5.11 Å². The van der Waals surface area contributed by atoms with Crippen molar-refractivity contribution in [2.45, 2.75) is 19.0 Å². The maximum atomic E-state index is 12.3. The number of carbonyl (C=O) groups is 1. The Balaban J connectivity index is 2.66. The predicted octanol–water partition coefficient (Wildman–Crippen LogP) is 2.31. The number of nitrogens with one attached hydrogen (secondary N) is 1. The van der Waals surface area contributed by atoms with Crippen molar-refractivity contribution in [2.75, 3.05) is 10.5 Å². The number of sulfonamides is 1. The van der Waals surface area contributed by atoms with Crippen molar-refractivity contribution in [1.82, 2.24) is 0 Å². The number of halogens is 3. The molecule has 0 amide bonds. The summed E-state index contributed by atoms with van der Waals surface area (Å²) >= 11 is 0. The summed E-state index contributed by atoms with van der Waals surface area (Å²) in [5.74, 6) is -1.53. The molecule has 0 aliphatic carbocycles. The molecule has 1 aromatic carbocycles. The zero-order chi connectivity index (χ0) is 15.4. The van der Waals surface area contributed by atoms with Gasteiger partial charge < -0.3 is 5.11 Å². The largest absolute Gasteiger partial charge is 0.481 e. The first-order valence-electron chi connectivity index (χ1n) is 5.50. The van der Waals surface area contributed by atoms with E-state index in [1.54, 1.807) is 0 Å². The SMILES string of the molecule is O=C(O)CCCS(=O)(=O)Nc1ccc(C(F)(F)F)cc1. The maximum absolute atomic E-state index is 12.3. The van der Waals surface area contributed by atoms with Crippen LogP contribution < -0.4 is 4.72 Å². The summed E-state index contributed by atoms with van der Waals surface area (Å²) < 4.78 is 62.1. The predicted molar refractivity (Wildman–Crippen MR) is 65.7 cm³/mol. The highest BCUT2D eigenvalue weighted by Crippen LogP contribution is 2.29. The van der Waals surface area contributed by atoms with Gasteiger partial charge in [-0.25, -0.2) is 8.42 Å². The third-order valence-electron chi connectivity index (χ3n) is 2.29. The topological polar surface area (TPSA) is 83.5 Å². The van der Waals surface area contributed by atoms with Crippen LogP contribution in [0.5, 0.6) is 0 Å². The minimum absolute atomic E-state index is 0.00618. The molecule has 0 spiro atoms. The number of carboxylic acid groups (broad SMARTS) is 1. The molecule has 0 aliphatic rings. The molecule has 0 unspecified atom stereocenters. The van der Waals surface area contributed by atoms with Crippen LogP contribution >= 0.6 is 0 Å². The monoisotopic (exact) mass is 311 g/mol. The van der Waals surface area contributed by atoms with Crippen LogP contribution in [-0.2, 0) is 21.0 Å². The van der Waals surface area contributed by atoms with Crippen LogP contribution in [0.2, 0.25) is 0 Å². The van der Waals surface area contributed by atoms with Gasteiger partial charge >= 0.3 is 12.1 Å². The van der Waals surface area contributed by atoms with Crippen molar-refractivity contribution >= 4 is 21.7 Å². The van der Waals surface area contributed by atoms with Gasteiger partial charge in [-0.15, -0.1) is 0 Å².